The van der Waals surface area contributed by atoms with Crippen molar-refractivity contribution in [3.63, 3.8) is 0 Å². The molecule has 0 rings (SSSR count). The molecule has 0 bridgehead atoms. The highest BCUT2D eigenvalue weighted by Crippen LogP contribution is 2.13. The summed E-state index contributed by atoms with van der Waals surface area (Å²) in [5.41, 5.74) is -0.849. The van der Waals surface area contributed by atoms with Crippen LogP contribution in [0, 0.1) is 11.8 Å². The molecule has 72 valence electrons. The van der Waals surface area contributed by atoms with Crippen molar-refractivity contribution in [2.75, 3.05) is 0 Å². The van der Waals surface area contributed by atoms with Gasteiger partial charge in [0.25, 0.3) is 0 Å². The Hall–Kier alpha value is -1.50. The molecule has 0 aromatic carbocycles. The fourth-order valence-corrected chi connectivity index (χ4v) is 0.632. The van der Waals surface area contributed by atoms with Gasteiger partial charge in [0.1, 0.15) is 5.60 Å². The molecule has 0 aliphatic heterocycles. The lowest BCUT2D eigenvalue weighted by molar-refractivity contribution is -0.172. The average molecular weight is 184 g/mol. The maximum Gasteiger partial charge on any atom is 0.417 e. The van der Waals surface area contributed by atoms with E-state index in [9.17, 15) is 9.59 Å². The predicted octanol–water partition coefficient (Wildman–Crippen LogP) is 0.806. The Labute approximate surface area is 76.9 Å². The first-order valence-electron chi connectivity index (χ1n) is 3.75. The molecule has 0 aliphatic rings. The van der Waals surface area contributed by atoms with Crippen LogP contribution in [0.15, 0.2) is 0 Å². The molecule has 0 saturated heterocycles. The van der Waals surface area contributed by atoms with E-state index in [1.807, 2.05) is 0 Å². The van der Waals surface area contributed by atoms with E-state index >= 15 is 0 Å². The Morgan fingerprint density at radius 1 is 1.46 bits per heavy atom. The van der Waals surface area contributed by atoms with E-state index < -0.39 is 17.5 Å². The van der Waals surface area contributed by atoms with Gasteiger partial charge in [0.05, 0.1) is 0 Å². The summed E-state index contributed by atoms with van der Waals surface area (Å²) >= 11 is 0. The molecule has 1 N–H and O–H groups in total. The lowest BCUT2D eigenvalue weighted by Crippen LogP contribution is -2.31. The number of esters is 1. The zero-order chi connectivity index (χ0) is 10.5. The van der Waals surface area contributed by atoms with Crippen LogP contribution in [0.2, 0.25) is 0 Å². The Kier molecular flexibility index (Phi) is 3.99. The predicted molar refractivity (Wildman–Crippen MR) is 45.9 cm³/mol. The van der Waals surface area contributed by atoms with Crippen molar-refractivity contribution < 1.29 is 19.4 Å². The summed E-state index contributed by atoms with van der Waals surface area (Å²) in [5.74, 6) is 2.52. The SMILES string of the molecule is CC#CCC(C)(C)OC(=O)C(=O)O. The summed E-state index contributed by atoms with van der Waals surface area (Å²) in [6.45, 7) is 4.88. The van der Waals surface area contributed by atoms with Gasteiger partial charge in [-0.25, -0.2) is 9.59 Å². The monoisotopic (exact) mass is 184 g/mol. The maximum absolute atomic E-state index is 10.7. The van der Waals surface area contributed by atoms with Gasteiger partial charge in [-0.2, -0.15) is 0 Å². The van der Waals surface area contributed by atoms with Crippen LogP contribution < -0.4 is 0 Å². The van der Waals surface area contributed by atoms with E-state index in [2.05, 4.69) is 16.6 Å². The van der Waals surface area contributed by atoms with Crippen LogP contribution in [0.1, 0.15) is 27.2 Å². The summed E-state index contributed by atoms with van der Waals surface area (Å²) < 4.78 is 4.66. The zero-order valence-electron chi connectivity index (χ0n) is 7.88. The second-order valence-electron chi connectivity index (χ2n) is 3.06. The fraction of sp³-hybridized carbons (Fsp3) is 0.556. The first-order valence-corrected chi connectivity index (χ1v) is 3.75. The Morgan fingerprint density at radius 3 is 2.38 bits per heavy atom. The Morgan fingerprint density at radius 2 is 2.00 bits per heavy atom. The van der Waals surface area contributed by atoms with Crippen LogP contribution in [0.25, 0.3) is 0 Å². The molecule has 4 nitrogen and oxygen atoms in total. The van der Waals surface area contributed by atoms with Crippen molar-refractivity contribution in [3.8, 4) is 11.8 Å². The summed E-state index contributed by atoms with van der Waals surface area (Å²) in [7, 11) is 0. The molecule has 13 heavy (non-hydrogen) atoms. The van der Waals surface area contributed by atoms with Gasteiger partial charge in [-0.3, -0.25) is 0 Å². The molecular weight excluding hydrogens is 172 g/mol. The Balaban J connectivity index is 4.21. The number of hydrogen-bond donors (Lipinski definition) is 1. The minimum Gasteiger partial charge on any atom is -0.473 e. The minimum atomic E-state index is -1.59. The van der Waals surface area contributed by atoms with Gasteiger partial charge in [-0.1, -0.05) is 5.92 Å². The lowest BCUT2D eigenvalue weighted by Gasteiger charge is -2.21. The van der Waals surface area contributed by atoms with Gasteiger partial charge in [0, 0.05) is 6.42 Å². The van der Waals surface area contributed by atoms with Crippen LogP contribution in [0.3, 0.4) is 0 Å². The van der Waals surface area contributed by atoms with Gasteiger partial charge >= 0.3 is 11.9 Å². The van der Waals surface area contributed by atoms with E-state index in [-0.39, 0.29) is 0 Å². The van der Waals surface area contributed by atoms with Crippen molar-refractivity contribution in [3.05, 3.63) is 0 Å². The van der Waals surface area contributed by atoms with E-state index in [1.54, 1.807) is 20.8 Å². The summed E-state index contributed by atoms with van der Waals surface area (Å²) in [5, 5.41) is 8.26. The van der Waals surface area contributed by atoms with Crippen LogP contribution in [-0.2, 0) is 14.3 Å². The van der Waals surface area contributed by atoms with E-state index in [1.165, 1.54) is 0 Å². The van der Waals surface area contributed by atoms with E-state index in [4.69, 9.17) is 5.11 Å². The van der Waals surface area contributed by atoms with Crippen LogP contribution in [0.5, 0.6) is 0 Å². The Bertz CT molecular complexity index is 267. The van der Waals surface area contributed by atoms with Crippen molar-refractivity contribution in [2.45, 2.75) is 32.8 Å². The van der Waals surface area contributed by atoms with Gasteiger partial charge in [-0.15, -0.1) is 5.92 Å². The molecule has 0 heterocycles. The van der Waals surface area contributed by atoms with Crippen molar-refractivity contribution >= 4 is 11.9 Å². The number of ether oxygens (including phenoxy) is 1. The number of aliphatic carboxylic acids is 1. The average Bonchev–Trinajstić information content (AvgIpc) is 2.00. The second-order valence-corrected chi connectivity index (χ2v) is 3.06. The van der Waals surface area contributed by atoms with Gasteiger partial charge in [0.2, 0.25) is 0 Å². The number of carbonyl (C=O) groups is 2. The third-order valence-corrected chi connectivity index (χ3v) is 1.23. The smallest absolute Gasteiger partial charge is 0.417 e. The zero-order valence-corrected chi connectivity index (χ0v) is 7.88. The van der Waals surface area contributed by atoms with Crippen molar-refractivity contribution in [2.24, 2.45) is 0 Å². The topological polar surface area (TPSA) is 63.6 Å². The number of carboxylic acids is 1. The molecule has 0 unspecified atom stereocenters. The molecule has 0 saturated carbocycles. The first kappa shape index (κ1) is 11.5. The first-order chi connectivity index (χ1) is 5.89. The highest BCUT2D eigenvalue weighted by molar-refractivity contribution is 6.28. The molecule has 0 atom stereocenters. The fourth-order valence-electron chi connectivity index (χ4n) is 0.632. The largest absolute Gasteiger partial charge is 0.473 e. The maximum atomic E-state index is 10.7. The van der Waals surface area contributed by atoms with Gasteiger partial charge in [-0.05, 0) is 20.8 Å². The standard InChI is InChI=1S/C9H12O4/c1-4-5-6-9(2,3)13-8(12)7(10)11/h6H2,1-3H3,(H,10,11). The van der Waals surface area contributed by atoms with Gasteiger partial charge in [0.15, 0.2) is 0 Å². The van der Waals surface area contributed by atoms with E-state index in [0.717, 1.165) is 0 Å². The number of hydrogen-bond acceptors (Lipinski definition) is 3. The molecule has 0 aromatic heterocycles. The summed E-state index contributed by atoms with van der Waals surface area (Å²) in [6.07, 6.45) is 0.322. The normalized spacial score (nSPS) is 9.77. The quantitative estimate of drug-likeness (QED) is 0.392. The molecule has 0 radical (unpaired) electrons. The van der Waals surface area contributed by atoms with Crippen LogP contribution in [0.4, 0.5) is 0 Å². The molecule has 0 fully saturated rings. The second kappa shape index (κ2) is 4.51. The highest BCUT2D eigenvalue weighted by atomic mass is 16.6. The molecule has 0 aromatic rings. The molecule has 0 amide bonds. The molecule has 4 heteroatoms. The highest BCUT2D eigenvalue weighted by Gasteiger charge is 2.25. The summed E-state index contributed by atoms with van der Waals surface area (Å²) in [4.78, 5) is 20.8. The lowest BCUT2D eigenvalue weighted by atomic mass is 10.1. The van der Waals surface area contributed by atoms with Crippen LogP contribution >= 0.6 is 0 Å². The van der Waals surface area contributed by atoms with Crippen LogP contribution in [-0.4, -0.2) is 22.6 Å². The van der Waals surface area contributed by atoms with Crippen molar-refractivity contribution in [1.82, 2.24) is 0 Å². The molecule has 0 aliphatic carbocycles. The molecule has 0 spiro atoms. The van der Waals surface area contributed by atoms with Gasteiger partial charge < -0.3 is 9.84 Å². The number of carboxylic acid groups (broad SMARTS) is 1. The summed E-state index contributed by atoms with van der Waals surface area (Å²) in [6, 6.07) is 0. The van der Waals surface area contributed by atoms with E-state index in [0.29, 0.717) is 6.42 Å². The van der Waals surface area contributed by atoms with Crippen molar-refractivity contribution in [1.29, 1.82) is 0 Å². The number of rotatable bonds is 2. The molecular formula is C9H12O4. The third-order valence-electron chi connectivity index (χ3n) is 1.23. The third kappa shape index (κ3) is 4.86. The minimum absolute atomic E-state index is 0.322. The number of carbonyl (C=O) groups excluding carboxylic acids is 1.